The van der Waals surface area contributed by atoms with Gasteiger partial charge in [0.15, 0.2) is 0 Å². The van der Waals surface area contributed by atoms with Crippen LogP contribution in [0.1, 0.15) is 11.1 Å². The zero-order valence-electron chi connectivity index (χ0n) is 22.4. The SMILES string of the molecule is Cc1ccc(N2C(=O)[C@@H]3C4C=C(C(=O)Oc5ccccc5)C([C@H]3C2=O)[C@@H]2C(=O)N(c3ccc(C)cc3)C(=O)[C@H]42)cc1. The Morgan fingerprint density at radius 3 is 1.49 bits per heavy atom. The molecule has 2 saturated heterocycles. The van der Waals surface area contributed by atoms with Crippen LogP contribution in [0.15, 0.2) is 90.5 Å². The number of ether oxygens (including phenoxy) is 1. The third-order valence-electron chi connectivity index (χ3n) is 8.90. The first-order valence-electron chi connectivity index (χ1n) is 13.6. The normalized spacial score (nSPS) is 28.1. The second kappa shape index (κ2) is 9.09. The van der Waals surface area contributed by atoms with Gasteiger partial charge in [-0.1, -0.05) is 59.7 Å². The Bertz CT molecular complexity index is 1570. The van der Waals surface area contributed by atoms with Gasteiger partial charge in [0.25, 0.3) is 0 Å². The van der Waals surface area contributed by atoms with E-state index in [2.05, 4.69) is 0 Å². The zero-order chi connectivity index (χ0) is 28.6. The molecule has 8 heteroatoms. The van der Waals surface area contributed by atoms with Gasteiger partial charge in [0, 0.05) is 17.4 Å². The largest absolute Gasteiger partial charge is 0.423 e. The number of hydrogen-bond donors (Lipinski definition) is 0. The molecule has 1 saturated carbocycles. The minimum Gasteiger partial charge on any atom is -0.423 e. The van der Waals surface area contributed by atoms with Crippen LogP contribution in [0.3, 0.4) is 0 Å². The van der Waals surface area contributed by atoms with Crippen LogP contribution in [0.5, 0.6) is 5.75 Å². The van der Waals surface area contributed by atoms with Gasteiger partial charge in [-0.2, -0.15) is 0 Å². The second-order valence-electron chi connectivity index (χ2n) is 11.2. The number of esters is 1. The van der Waals surface area contributed by atoms with Crippen LogP contribution in [-0.2, 0) is 24.0 Å². The molecular weight excluding hydrogens is 520 g/mol. The van der Waals surface area contributed by atoms with Gasteiger partial charge < -0.3 is 4.74 Å². The minimum atomic E-state index is -0.981. The lowest BCUT2D eigenvalue weighted by atomic mass is 9.52. The monoisotopic (exact) mass is 546 g/mol. The molecule has 204 valence electrons. The number of hydrogen-bond acceptors (Lipinski definition) is 6. The topological polar surface area (TPSA) is 101 Å². The number of aryl methyl sites for hydroxylation is 2. The molecule has 4 amide bonds. The summed E-state index contributed by atoms with van der Waals surface area (Å²) in [5.74, 6) is -7.59. The maximum absolute atomic E-state index is 14.0. The van der Waals surface area contributed by atoms with E-state index in [4.69, 9.17) is 4.74 Å². The van der Waals surface area contributed by atoms with E-state index >= 15 is 0 Å². The summed E-state index contributed by atoms with van der Waals surface area (Å²) < 4.78 is 5.65. The molecular formula is C33H26N2O6. The first kappa shape index (κ1) is 25.1. The smallest absolute Gasteiger partial charge is 0.339 e. The first-order chi connectivity index (χ1) is 19.8. The van der Waals surface area contributed by atoms with E-state index in [-0.39, 0.29) is 5.57 Å². The van der Waals surface area contributed by atoms with Gasteiger partial charge in [0.2, 0.25) is 23.6 Å². The fourth-order valence-electron chi connectivity index (χ4n) is 7.10. The van der Waals surface area contributed by atoms with Crippen molar-refractivity contribution in [1.29, 1.82) is 0 Å². The van der Waals surface area contributed by atoms with Crippen LogP contribution in [0.25, 0.3) is 0 Å². The van der Waals surface area contributed by atoms with Crippen LogP contribution in [0.4, 0.5) is 11.4 Å². The van der Waals surface area contributed by atoms with Gasteiger partial charge in [-0.05, 0) is 50.2 Å². The van der Waals surface area contributed by atoms with Crippen molar-refractivity contribution in [3.63, 3.8) is 0 Å². The number of carbonyl (C=O) groups is 5. The maximum Gasteiger partial charge on any atom is 0.339 e. The molecule has 5 aliphatic rings. The van der Waals surface area contributed by atoms with Crippen molar-refractivity contribution in [2.24, 2.45) is 35.5 Å². The Labute approximate surface area is 236 Å². The number of allylic oxidation sites excluding steroid dienone is 1. The molecule has 41 heavy (non-hydrogen) atoms. The molecule has 0 N–H and O–H groups in total. The zero-order valence-corrected chi connectivity index (χ0v) is 22.4. The predicted octanol–water partition coefficient (Wildman–Crippen LogP) is 4.01. The van der Waals surface area contributed by atoms with Crippen LogP contribution in [0, 0.1) is 49.4 Å². The van der Waals surface area contributed by atoms with E-state index in [1.165, 1.54) is 0 Å². The van der Waals surface area contributed by atoms with E-state index in [1.54, 1.807) is 60.7 Å². The quantitative estimate of drug-likeness (QED) is 0.279. The summed E-state index contributed by atoms with van der Waals surface area (Å²) in [6.45, 7) is 3.81. The summed E-state index contributed by atoms with van der Waals surface area (Å²) in [6.07, 6.45) is 1.62. The number of carbonyl (C=O) groups excluding carboxylic acids is 5. The Hall–Kier alpha value is -4.85. The van der Waals surface area contributed by atoms with Crippen LogP contribution in [0.2, 0.25) is 0 Å². The summed E-state index contributed by atoms with van der Waals surface area (Å²) in [4.78, 5) is 71.8. The number of imide groups is 2. The van der Waals surface area contributed by atoms with Gasteiger partial charge in [-0.15, -0.1) is 0 Å². The third kappa shape index (κ3) is 3.63. The highest BCUT2D eigenvalue weighted by molar-refractivity contribution is 6.27. The molecule has 3 fully saturated rings. The van der Waals surface area contributed by atoms with E-state index in [0.717, 1.165) is 20.9 Å². The fraction of sp³-hybridized carbons (Fsp3) is 0.242. The third-order valence-corrected chi connectivity index (χ3v) is 8.90. The van der Waals surface area contributed by atoms with Crippen molar-refractivity contribution in [3.05, 3.63) is 102 Å². The molecule has 8 nitrogen and oxygen atoms in total. The molecule has 8 rings (SSSR count). The summed E-state index contributed by atoms with van der Waals surface area (Å²) in [6, 6.07) is 22.6. The average Bonchev–Trinajstić information content (AvgIpc) is 3.41. The van der Waals surface area contributed by atoms with Crippen molar-refractivity contribution in [2.45, 2.75) is 13.8 Å². The second-order valence-corrected chi connectivity index (χ2v) is 11.2. The Balaban J connectivity index is 1.33. The molecule has 3 aliphatic carbocycles. The predicted molar refractivity (Wildman–Crippen MR) is 148 cm³/mol. The summed E-state index contributed by atoms with van der Waals surface area (Å²) in [5.41, 5.74) is 2.97. The van der Waals surface area contributed by atoms with Crippen molar-refractivity contribution in [3.8, 4) is 5.75 Å². The molecule has 2 aliphatic heterocycles. The van der Waals surface area contributed by atoms with E-state index in [1.807, 2.05) is 38.1 Å². The van der Waals surface area contributed by atoms with Gasteiger partial charge in [0.1, 0.15) is 5.75 Å². The molecule has 2 unspecified atom stereocenters. The highest BCUT2D eigenvalue weighted by Gasteiger charge is 2.71. The Kier molecular flexibility index (Phi) is 5.57. The fourth-order valence-corrected chi connectivity index (χ4v) is 7.10. The molecule has 2 bridgehead atoms. The molecule has 0 spiro atoms. The molecule has 0 radical (unpaired) electrons. The Morgan fingerprint density at radius 1 is 0.585 bits per heavy atom. The highest BCUT2D eigenvalue weighted by atomic mass is 16.5. The van der Waals surface area contributed by atoms with Gasteiger partial charge in [-0.3, -0.25) is 29.0 Å². The highest BCUT2D eigenvalue weighted by Crippen LogP contribution is 2.61. The number of amides is 4. The lowest BCUT2D eigenvalue weighted by Gasteiger charge is -2.46. The lowest BCUT2D eigenvalue weighted by molar-refractivity contribution is -0.142. The van der Waals surface area contributed by atoms with Crippen LogP contribution in [-0.4, -0.2) is 29.6 Å². The molecule has 6 atom stereocenters. The number of benzene rings is 3. The Morgan fingerprint density at radius 2 is 1.02 bits per heavy atom. The average molecular weight is 547 g/mol. The number of rotatable bonds is 4. The van der Waals surface area contributed by atoms with Gasteiger partial charge >= 0.3 is 5.97 Å². The van der Waals surface area contributed by atoms with E-state index in [9.17, 15) is 24.0 Å². The molecule has 0 aromatic heterocycles. The lowest BCUT2D eigenvalue weighted by Crippen LogP contribution is -2.53. The standard InChI is InChI=1S/C33H26N2O6/c1-17-8-12-19(13-9-17)34-29(36)25-22-16-23(33(40)41-21-6-4-3-5-7-21)24(27(25)31(34)38)28-26(22)30(37)35(32(28)39)20-14-10-18(2)11-15-20/h3-16,22,24-28H,1-2H3/t22?,24?,25-,26-,27-,28+/m1/s1. The first-order valence-corrected chi connectivity index (χ1v) is 13.6. The number of para-hydroxylation sites is 1. The maximum atomic E-state index is 14.0. The van der Waals surface area contributed by atoms with Crippen molar-refractivity contribution in [2.75, 3.05) is 9.80 Å². The van der Waals surface area contributed by atoms with Crippen LogP contribution < -0.4 is 14.5 Å². The number of nitrogens with zero attached hydrogens (tertiary/aromatic N) is 2. The minimum absolute atomic E-state index is 0.167. The van der Waals surface area contributed by atoms with Crippen molar-refractivity contribution < 1.29 is 28.7 Å². The summed E-state index contributed by atoms with van der Waals surface area (Å²) >= 11 is 0. The summed E-state index contributed by atoms with van der Waals surface area (Å²) in [5, 5.41) is 0. The summed E-state index contributed by atoms with van der Waals surface area (Å²) in [7, 11) is 0. The van der Waals surface area contributed by atoms with Crippen LogP contribution >= 0.6 is 0 Å². The van der Waals surface area contributed by atoms with Crippen molar-refractivity contribution >= 4 is 41.0 Å². The molecule has 3 aromatic carbocycles. The van der Waals surface area contributed by atoms with Crippen molar-refractivity contribution in [1.82, 2.24) is 0 Å². The van der Waals surface area contributed by atoms with Gasteiger partial charge in [-0.25, -0.2) is 4.79 Å². The van der Waals surface area contributed by atoms with E-state index < -0.39 is 65.1 Å². The van der Waals surface area contributed by atoms with E-state index in [0.29, 0.717) is 17.1 Å². The molecule has 3 aromatic rings. The molecule has 2 heterocycles. The van der Waals surface area contributed by atoms with Gasteiger partial charge in [0.05, 0.1) is 35.0 Å². The number of anilines is 2.